The van der Waals surface area contributed by atoms with Crippen molar-refractivity contribution < 1.29 is 0 Å². The van der Waals surface area contributed by atoms with Gasteiger partial charge in [-0.1, -0.05) is 41.9 Å². The summed E-state index contributed by atoms with van der Waals surface area (Å²) in [6.45, 7) is 7.14. The molecule has 0 atom stereocenters. The fraction of sp³-hybridized carbons (Fsp3) is 0.600. The quantitative estimate of drug-likeness (QED) is 0.745. The Morgan fingerprint density at radius 2 is 1.76 bits per heavy atom. The maximum atomic E-state index is 3.49. The van der Waals surface area contributed by atoms with Crippen LogP contribution < -0.4 is 4.90 Å². The lowest BCUT2D eigenvalue weighted by Crippen LogP contribution is -2.35. The number of benzene rings is 1. The molecule has 0 bridgehead atoms. The molecule has 1 nitrogen and oxygen atoms in total. The van der Waals surface area contributed by atoms with Crippen LogP contribution in [0.25, 0.3) is 0 Å². The molecule has 1 saturated heterocycles. The lowest BCUT2D eigenvalue weighted by atomic mass is 9.86. The first-order chi connectivity index (χ1) is 8.20. The highest BCUT2D eigenvalue weighted by Gasteiger charge is 2.21. The van der Waals surface area contributed by atoms with Crippen molar-refractivity contribution in [3.63, 3.8) is 0 Å². The molecular formula is C15H22BrN. The summed E-state index contributed by atoms with van der Waals surface area (Å²) >= 11 is 3.49. The largest absolute Gasteiger partial charge is 0.372 e. The van der Waals surface area contributed by atoms with Gasteiger partial charge in [0.1, 0.15) is 0 Å². The Hall–Kier alpha value is -0.500. The molecule has 94 valence electrons. The SMILES string of the molecule is CC(C)C1CCN(c2ccc(CBr)cc2)CC1. The van der Waals surface area contributed by atoms with E-state index in [4.69, 9.17) is 0 Å². The molecule has 0 spiro atoms. The summed E-state index contributed by atoms with van der Waals surface area (Å²) in [7, 11) is 0. The zero-order chi connectivity index (χ0) is 12.3. The first-order valence-electron chi connectivity index (χ1n) is 6.60. The topological polar surface area (TPSA) is 3.24 Å². The molecule has 17 heavy (non-hydrogen) atoms. The van der Waals surface area contributed by atoms with E-state index in [0.717, 1.165) is 17.2 Å². The second-order valence-corrected chi connectivity index (χ2v) is 5.93. The minimum Gasteiger partial charge on any atom is -0.372 e. The first-order valence-corrected chi connectivity index (χ1v) is 7.72. The van der Waals surface area contributed by atoms with Gasteiger partial charge in [0.2, 0.25) is 0 Å². The van der Waals surface area contributed by atoms with Crippen molar-refractivity contribution >= 4 is 21.6 Å². The van der Waals surface area contributed by atoms with Crippen molar-refractivity contribution in [3.05, 3.63) is 29.8 Å². The Kier molecular flexibility index (Phi) is 4.49. The molecule has 0 unspecified atom stereocenters. The Morgan fingerprint density at radius 3 is 2.24 bits per heavy atom. The molecule has 0 aromatic heterocycles. The van der Waals surface area contributed by atoms with Crippen LogP contribution in [0.2, 0.25) is 0 Å². The number of anilines is 1. The number of halogens is 1. The summed E-state index contributed by atoms with van der Waals surface area (Å²) in [5, 5.41) is 0.947. The minimum absolute atomic E-state index is 0.841. The van der Waals surface area contributed by atoms with Crippen LogP contribution in [0.1, 0.15) is 32.3 Å². The molecule has 1 aromatic carbocycles. The molecule has 0 saturated carbocycles. The van der Waals surface area contributed by atoms with E-state index in [0.29, 0.717) is 0 Å². The van der Waals surface area contributed by atoms with Crippen LogP contribution in [0, 0.1) is 11.8 Å². The fourth-order valence-electron chi connectivity index (χ4n) is 2.62. The zero-order valence-electron chi connectivity index (χ0n) is 10.8. The van der Waals surface area contributed by atoms with E-state index in [9.17, 15) is 0 Å². The molecule has 0 radical (unpaired) electrons. The first kappa shape index (κ1) is 12.9. The van der Waals surface area contributed by atoms with E-state index in [2.05, 4.69) is 58.9 Å². The highest BCUT2D eigenvalue weighted by Crippen LogP contribution is 2.27. The van der Waals surface area contributed by atoms with Gasteiger partial charge >= 0.3 is 0 Å². The third kappa shape index (κ3) is 3.25. The Bertz CT molecular complexity index is 336. The molecule has 0 N–H and O–H groups in total. The van der Waals surface area contributed by atoms with Crippen molar-refractivity contribution in [2.24, 2.45) is 11.8 Å². The Balaban J connectivity index is 1.95. The summed E-state index contributed by atoms with van der Waals surface area (Å²) in [4.78, 5) is 2.52. The van der Waals surface area contributed by atoms with Gasteiger partial charge in [0, 0.05) is 24.1 Å². The van der Waals surface area contributed by atoms with Crippen molar-refractivity contribution in [2.75, 3.05) is 18.0 Å². The number of nitrogens with zero attached hydrogens (tertiary/aromatic N) is 1. The zero-order valence-corrected chi connectivity index (χ0v) is 12.4. The predicted octanol–water partition coefficient (Wildman–Crippen LogP) is 4.45. The van der Waals surface area contributed by atoms with E-state index in [-0.39, 0.29) is 0 Å². The highest BCUT2D eigenvalue weighted by atomic mass is 79.9. The smallest absolute Gasteiger partial charge is 0.0366 e. The molecule has 0 amide bonds. The molecule has 1 heterocycles. The summed E-state index contributed by atoms with van der Waals surface area (Å²) in [6.07, 6.45) is 2.69. The van der Waals surface area contributed by atoms with Crippen molar-refractivity contribution in [1.82, 2.24) is 0 Å². The van der Waals surface area contributed by atoms with Crippen LogP contribution in [-0.4, -0.2) is 13.1 Å². The molecular weight excluding hydrogens is 274 g/mol. The summed E-state index contributed by atoms with van der Waals surface area (Å²) < 4.78 is 0. The maximum absolute atomic E-state index is 3.49. The number of hydrogen-bond donors (Lipinski definition) is 0. The lowest BCUT2D eigenvalue weighted by molar-refractivity contribution is 0.311. The number of alkyl halides is 1. The number of rotatable bonds is 3. The Labute approximate surface area is 113 Å². The van der Waals surface area contributed by atoms with Crippen LogP contribution in [0.4, 0.5) is 5.69 Å². The van der Waals surface area contributed by atoms with E-state index in [1.54, 1.807) is 0 Å². The molecule has 0 aliphatic carbocycles. The van der Waals surface area contributed by atoms with Crippen molar-refractivity contribution in [2.45, 2.75) is 32.0 Å². The van der Waals surface area contributed by atoms with Gasteiger partial charge in [0.25, 0.3) is 0 Å². The molecule has 1 fully saturated rings. The molecule has 1 aromatic rings. The maximum Gasteiger partial charge on any atom is 0.0366 e. The second-order valence-electron chi connectivity index (χ2n) is 5.37. The third-order valence-electron chi connectivity index (χ3n) is 3.94. The van der Waals surface area contributed by atoms with E-state index >= 15 is 0 Å². The van der Waals surface area contributed by atoms with E-state index in [1.165, 1.54) is 37.2 Å². The van der Waals surface area contributed by atoms with Gasteiger partial charge in [-0.3, -0.25) is 0 Å². The third-order valence-corrected chi connectivity index (χ3v) is 4.59. The van der Waals surface area contributed by atoms with Crippen LogP contribution in [0.15, 0.2) is 24.3 Å². The van der Waals surface area contributed by atoms with Gasteiger partial charge in [-0.2, -0.15) is 0 Å². The second kappa shape index (κ2) is 5.90. The number of piperidine rings is 1. The van der Waals surface area contributed by atoms with Crippen LogP contribution in [0.5, 0.6) is 0 Å². The Morgan fingerprint density at radius 1 is 1.18 bits per heavy atom. The fourth-order valence-corrected chi connectivity index (χ4v) is 2.99. The summed E-state index contributed by atoms with van der Waals surface area (Å²) in [5.41, 5.74) is 2.74. The van der Waals surface area contributed by atoms with Crippen LogP contribution in [0.3, 0.4) is 0 Å². The minimum atomic E-state index is 0.841. The standard InChI is InChI=1S/C15H22BrN/c1-12(2)14-7-9-17(10-8-14)15-5-3-13(11-16)4-6-15/h3-6,12,14H,7-11H2,1-2H3. The van der Waals surface area contributed by atoms with Gasteiger partial charge in [0.15, 0.2) is 0 Å². The van der Waals surface area contributed by atoms with Crippen molar-refractivity contribution in [1.29, 1.82) is 0 Å². The summed E-state index contributed by atoms with van der Waals surface area (Å²) in [6, 6.07) is 8.95. The van der Waals surface area contributed by atoms with E-state index in [1.807, 2.05) is 0 Å². The highest BCUT2D eigenvalue weighted by molar-refractivity contribution is 9.08. The molecule has 1 aliphatic heterocycles. The van der Waals surface area contributed by atoms with Gasteiger partial charge < -0.3 is 4.90 Å². The van der Waals surface area contributed by atoms with Crippen LogP contribution in [-0.2, 0) is 5.33 Å². The van der Waals surface area contributed by atoms with Gasteiger partial charge in [-0.25, -0.2) is 0 Å². The number of hydrogen-bond acceptors (Lipinski definition) is 1. The summed E-state index contributed by atoms with van der Waals surface area (Å²) in [5.74, 6) is 1.76. The molecule has 2 rings (SSSR count). The average Bonchev–Trinajstić information content (AvgIpc) is 2.39. The van der Waals surface area contributed by atoms with Crippen molar-refractivity contribution in [3.8, 4) is 0 Å². The normalized spacial score (nSPS) is 17.8. The monoisotopic (exact) mass is 295 g/mol. The van der Waals surface area contributed by atoms with Gasteiger partial charge in [-0.05, 0) is 42.4 Å². The lowest BCUT2D eigenvalue weighted by Gasteiger charge is -2.35. The van der Waals surface area contributed by atoms with Crippen LogP contribution >= 0.6 is 15.9 Å². The van der Waals surface area contributed by atoms with E-state index < -0.39 is 0 Å². The van der Waals surface area contributed by atoms with Gasteiger partial charge in [-0.15, -0.1) is 0 Å². The molecule has 1 aliphatic rings. The molecule has 2 heteroatoms. The average molecular weight is 296 g/mol. The van der Waals surface area contributed by atoms with Gasteiger partial charge in [0.05, 0.1) is 0 Å². The predicted molar refractivity (Wildman–Crippen MR) is 78.8 cm³/mol.